The van der Waals surface area contributed by atoms with Gasteiger partial charge >= 0.3 is 0 Å². The van der Waals surface area contributed by atoms with Crippen molar-refractivity contribution in [1.29, 1.82) is 0 Å². The maximum absolute atomic E-state index is 13.3. The number of imidazole rings is 1. The minimum Gasteiger partial charge on any atom is -0.337 e. The van der Waals surface area contributed by atoms with Crippen LogP contribution in [0.2, 0.25) is 0 Å². The number of H-pyrrole nitrogens is 1. The van der Waals surface area contributed by atoms with Crippen molar-refractivity contribution >= 4 is 39.3 Å². The average molecular weight is 409 g/mol. The molecule has 0 bridgehead atoms. The minimum atomic E-state index is 0.174. The number of fused-ring (bicyclic) bond motifs is 2. The molecule has 3 aromatic rings. The van der Waals surface area contributed by atoms with Crippen molar-refractivity contribution in [1.82, 2.24) is 19.2 Å². The zero-order valence-corrected chi connectivity index (χ0v) is 16.0. The first kappa shape index (κ1) is 16.1. The summed E-state index contributed by atoms with van der Waals surface area (Å²) in [5, 5.41) is 4.49. The summed E-state index contributed by atoms with van der Waals surface area (Å²) in [5.74, 6) is 1.32. The monoisotopic (exact) mass is 408 g/mol. The zero-order chi connectivity index (χ0) is 16.8. The average Bonchev–Trinajstić information content (AvgIpc) is 3.14. The first-order chi connectivity index (χ1) is 11.6. The topological polar surface area (TPSA) is 46.5 Å². The fraction of sp³-hybridized carbons (Fsp3) is 0.412. The van der Waals surface area contributed by atoms with Gasteiger partial charge in [0.05, 0.1) is 16.7 Å². The Bertz CT molecular complexity index is 917. The highest BCUT2D eigenvalue weighted by Crippen LogP contribution is 2.35. The Labute approximate surface area is 152 Å². The van der Waals surface area contributed by atoms with Gasteiger partial charge in [0.1, 0.15) is 5.69 Å². The molecule has 0 saturated heterocycles. The molecule has 1 N–H and O–H groups in total. The van der Waals surface area contributed by atoms with E-state index >= 15 is 0 Å². The number of benzene rings is 1. The van der Waals surface area contributed by atoms with Gasteiger partial charge in [-0.2, -0.15) is 9.19 Å². The number of hydrogen-bond donors (Lipinski definition) is 1. The quantitative estimate of drug-likeness (QED) is 0.642. The normalized spacial score (nSPS) is 17.4. The number of halogens is 2. The number of rotatable bonds is 3. The van der Waals surface area contributed by atoms with Gasteiger partial charge in [0.15, 0.2) is 18.2 Å². The number of nitrogens with zero attached hydrogens (tertiary/aromatic N) is 3. The van der Waals surface area contributed by atoms with Crippen molar-refractivity contribution < 1.29 is 3.89 Å². The molecule has 0 spiro atoms. The fourth-order valence-electron chi connectivity index (χ4n) is 3.54. The van der Waals surface area contributed by atoms with Crippen molar-refractivity contribution in [2.75, 3.05) is 0 Å². The lowest BCUT2D eigenvalue weighted by molar-refractivity contribution is 0.495. The summed E-state index contributed by atoms with van der Waals surface area (Å²) in [6.45, 7) is 4.35. The van der Waals surface area contributed by atoms with Crippen LogP contribution >= 0.6 is 28.3 Å². The lowest BCUT2D eigenvalue weighted by Crippen LogP contribution is -2.12. The summed E-state index contributed by atoms with van der Waals surface area (Å²) < 4.78 is 15.7. The van der Waals surface area contributed by atoms with Crippen LogP contribution in [0.4, 0.5) is 3.89 Å². The number of aromatic amines is 1. The molecule has 0 radical (unpaired) electrons. The minimum absolute atomic E-state index is 0.174. The molecule has 1 atom stereocenters. The van der Waals surface area contributed by atoms with Gasteiger partial charge < -0.3 is 4.98 Å². The van der Waals surface area contributed by atoms with Crippen LogP contribution in [0.3, 0.4) is 0 Å². The van der Waals surface area contributed by atoms with E-state index in [4.69, 9.17) is 4.98 Å². The van der Waals surface area contributed by atoms with Crippen LogP contribution in [0, 0.1) is 5.92 Å². The summed E-state index contributed by atoms with van der Waals surface area (Å²) in [7, 11) is 0. The Kier molecular flexibility index (Phi) is 4.16. The third-order valence-corrected chi connectivity index (χ3v) is 5.67. The lowest BCUT2D eigenvalue weighted by Gasteiger charge is -2.18. The SMILES string of the molecule is CCc1cc(Br)cc2[nH]c(-c3nn(SF)c4c3C[C@@H](C)CC4)nc12. The predicted octanol–water partition coefficient (Wildman–Crippen LogP) is 5.26. The molecule has 1 aliphatic carbocycles. The molecule has 4 rings (SSSR count). The third-order valence-electron chi connectivity index (χ3n) is 4.78. The van der Waals surface area contributed by atoms with E-state index in [9.17, 15) is 3.89 Å². The van der Waals surface area contributed by atoms with Gasteiger partial charge in [-0.05, 0) is 49.3 Å². The molecule has 126 valence electrons. The van der Waals surface area contributed by atoms with E-state index in [0.717, 1.165) is 64.0 Å². The third kappa shape index (κ3) is 2.58. The summed E-state index contributed by atoms with van der Waals surface area (Å²) >= 11 is 3.73. The zero-order valence-electron chi connectivity index (χ0n) is 13.6. The standard InChI is InChI=1S/C17H18BrFN4S/c1-3-10-7-11(18)8-13-15(10)21-17(20-13)16-12-6-9(2)4-5-14(12)23(22-16)24-19/h7-9H,3-6H2,1-2H3,(H,20,21)/t9-/m0/s1. The molecule has 1 aromatic carbocycles. The van der Waals surface area contributed by atoms with E-state index in [-0.39, 0.29) is 12.3 Å². The first-order valence-electron chi connectivity index (χ1n) is 8.19. The molecule has 0 fully saturated rings. The van der Waals surface area contributed by atoms with E-state index in [1.807, 2.05) is 6.07 Å². The van der Waals surface area contributed by atoms with Gasteiger partial charge in [0.2, 0.25) is 0 Å². The van der Waals surface area contributed by atoms with Crippen LogP contribution in [0.1, 0.15) is 37.1 Å². The number of aromatic nitrogens is 4. The molecule has 2 heterocycles. The second-order valence-corrected chi connectivity index (χ2v) is 7.86. The highest BCUT2D eigenvalue weighted by molar-refractivity contribution is 9.10. The Morgan fingerprint density at radius 2 is 2.29 bits per heavy atom. The lowest BCUT2D eigenvalue weighted by atomic mass is 9.88. The van der Waals surface area contributed by atoms with E-state index in [0.29, 0.717) is 5.92 Å². The predicted molar refractivity (Wildman–Crippen MR) is 99.7 cm³/mol. The molecule has 0 unspecified atom stereocenters. The van der Waals surface area contributed by atoms with Crippen molar-refractivity contribution in [2.45, 2.75) is 39.5 Å². The van der Waals surface area contributed by atoms with Crippen molar-refractivity contribution in [3.05, 3.63) is 33.4 Å². The molecule has 1 aliphatic rings. The van der Waals surface area contributed by atoms with Crippen LogP contribution in [-0.2, 0) is 19.3 Å². The molecular weight excluding hydrogens is 391 g/mol. The van der Waals surface area contributed by atoms with Crippen LogP contribution in [0.25, 0.3) is 22.6 Å². The Morgan fingerprint density at radius 1 is 1.46 bits per heavy atom. The van der Waals surface area contributed by atoms with Crippen LogP contribution in [0.5, 0.6) is 0 Å². The van der Waals surface area contributed by atoms with Gasteiger partial charge in [0.25, 0.3) is 0 Å². The van der Waals surface area contributed by atoms with Gasteiger partial charge in [-0.15, -0.1) is 3.89 Å². The smallest absolute Gasteiger partial charge is 0.187 e. The first-order valence-corrected chi connectivity index (χ1v) is 9.65. The highest BCUT2D eigenvalue weighted by Gasteiger charge is 2.27. The molecule has 2 aromatic heterocycles. The summed E-state index contributed by atoms with van der Waals surface area (Å²) in [5.41, 5.74) is 6.05. The summed E-state index contributed by atoms with van der Waals surface area (Å²) in [6, 6.07) is 4.13. The molecular formula is C17H18BrFN4S. The van der Waals surface area contributed by atoms with Crippen molar-refractivity contribution in [3.8, 4) is 11.5 Å². The maximum Gasteiger partial charge on any atom is 0.187 e. The molecule has 0 aliphatic heterocycles. The molecule has 0 saturated carbocycles. The molecule has 24 heavy (non-hydrogen) atoms. The highest BCUT2D eigenvalue weighted by atomic mass is 79.9. The molecule has 0 amide bonds. The van der Waals surface area contributed by atoms with Gasteiger partial charge in [-0.1, -0.05) is 29.8 Å². The second kappa shape index (κ2) is 6.19. The van der Waals surface area contributed by atoms with E-state index in [1.54, 1.807) is 0 Å². The Morgan fingerprint density at radius 3 is 3.04 bits per heavy atom. The second-order valence-electron chi connectivity index (χ2n) is 6.46. The van der Waals surface area contributed by atoms with Crippen molar-refractivity contribution in [3.63, 3.8) is 0 Å². The maximum atomic E-state index is 13.3. The van der Waals surface area contributed by atoms with Crippen LogP contribution < -0.4 is 0 Å². The number of aryl methyl sites for hydroxylation is 1. The van der Waals surface area contributed by atoms with Gasteiger partial charge in [-0.3, -0.25) is 0 Å². The van der Waals surface area contributed by atoms with E-state index in [2.05, 4.69) is 45.9 Å². The molecule has 7 heteroatoms. The van der Waals surface area contributed by atoms with Gasteiger partial charge in [-0.25, -0.2) is 4.98 Å². The number of nitrogens with one attached hydrogen (secondary N) is 1. The fourth-order valence-corrected chi connectivity index (χ4v) is 4.44. The van der Waals surface area contributed by atoms with Gasteiger partial charge in [0, 0.05) is 10.0 Å². The van der Waals surface area contributed by atoms with Crippen LogP contribution in [0.15, 0.2) is 16.6 Å². The van der Waals surface area contributed by atoms with E-state index in [1.165, 1.54) is 9.65 Å². The summed E-state index contributed by atoms with van der Waals surface area (Å²) in [6.07, 6.45) is 3.77. The largest absolute Gasteiger partial charge is 0.337 e. The van der Waals surface area contributed by atoms with E-state index < -0.39 is 0 Å². The van der Waals surface area contributed by atoms with Crippen LogP contribution in [-0.4, -0.2) is 19.2 Å². The summed E-state index contributed by atoms with van der Waals surface area (Å²) in [4.78, 5) is 8.17. The van der Waals surface area contributed by atoms with Crippen molar-refractivity contribution in [2.24, 2.45) is 5.92 Å². The molecule has 4 nitrogen and oxygen atoms in total. The Balaban J connectivity index is 1.90. The number of hydrogen-bond acceptors (Lipinski definition) is 3. The Hall–Kier alpha value is -1.34.